The zero-order valence-electron chi connectivity index (χ0n) is 16.6. The van der Waals surface area contributed by atoms with Gasteiger partial charge in [-0.25, -0.2) is 22.5 Å². The Morgan fingerprint density at radius 3 is 2.47 bits per heavy atom. The van der Waals surface area contributed by atoms with E-state index in [1.54, 1.807) is 38.1 Å². The van der Waals surface area contributed by atoms with E-state index in [-0.39, 0.29) is 29.3 Å². The van der Waals surface area contributed by atoms with Crippen LogP contribution in [0.2, 0.25) is 0 Å². The van der Waals surface area contributed by atoms with E-state index in [4.69, 9.17) is 5.73 Å². The number of nitrogen functional groups attached to an aromatic ring is 1. The van der Waals surface area contributed by atoms with Crippen molar-refractivity contribution in [3.8, 4) is 22.4 Å². The average molecular weight is 431 g/mol. The van der Waals surface area contributed by atoms with Gasteiger partial charge in [0.2, 0.25) is 10.0 Å². The van der Waals surface area contributed by atoms with Crippen molar-refractivity contribution in [3.05, 3.63) is 60.7 Å². The van der Waals surface area contributed by atoms with Crippen LogP contribution in [-0.4, -0.2) is 35.6 Å². The number of sulfonamides is 1. The Labute approximate surface area is 174 Å². The molecule has 3 aromatic rings. The molecule has 0 unspecified atom stereocenters. The van der Waals surface area contributed by atoms with Crippen molar-refractivity contribution < 1.29 is 17.9 Å². The summed E-state index contributed by atoms with van der Waals surface area (Å²) in [6.07, 6.45) is 2.96. The quantitative estimate of drug-likeness (QED) is 0.530. The summed E-state index contributed by atoms with van der Waals surface area (Å²) in [5, 5.41) is 9.17. The molecule has 158 valence electrons. The number of anilines is 1. The average Bonchev–Trinajstić information content (AvgIpc) is 2.68. The first-order valence-corrected chi connectivity index (χ1v) is 10.7. The summed E-state index contributed by atoms with van der Waals surface area (Å²) in [6, 6.07) is 10.8. The zero-order chi connectivity index (χ0) is 21.9. The largest absolute Gasteiger partial charge is 0.396 e. The molecule has 0 aliphatic carbocycles. The van der Waals surface area contributed by atoms with Crippen LogP contribution in [0.25, 0.3) is 22.4 Å². The highest BCUT2D eigenvalue weighted by Crippen LogP contribution is 2.31. The van der Waals surface area contributed by atoms with Crippen molar-refractivity contribution in [3.63, 3.8) is 0 Å². The van der Waals surface area contributed by atoms with Crippen LogP contribution >= 0.6 is 0 Å². The smallest absolute Gasteiger partial charge is 0.241 e. The summed E-state index contributed by atoms with van der Waals surface area (Å²) in [5.41, 5.74) is 5.99. The maximum atomic E-state index is 14.8. The van der Waals surface area contributed by atoms with E-state index in [0.29, 0.717) is 16.8 Å². The van der Waals surface area contributed by atoms with Crippen LogP contribution in [0.15, 0.2) is 59.8 Å². The number of aliphatic hydroxyl groups is 1. The molecule has 0 amide bonds. The molecule has 0 radical (unpaired) electrons. The van der Waals surface area contributed by atoms with E-state index >= 15 is 0 Å². The van der Waals surface area contributed by atoms with E-state index in [1.807, 2.05) is 0 Å². The van der Waals surface area contributed by atoms with Crippen LogP contribution in [0.5, 0.6) is 0 Å². The zero-order valence-corrected chi connectivity index (χ0v) is 17.4. The lowest BCUT2D eigenvalue weighted by molar-refractivity contribution is 0.246. The standard InChI is InChI=1S/C21H23FN4O3S/c1-21(2,9-10-27)26-30(28,29)19-6-4-3-5-15(19)14-7-8-16(17(22)11-14)18-12-25-20(23)13-24-18/h3-8,11-13,26-27H,9-10H2,1-2H3,(H2,23,25). The summed E-state index contributed by atoms with van der Waals surface area (Å²) in [4.78, 5) is 8.01. The molecular weight excluding hydrogens is 407 g/mol. The Kier molecular flexibility index (Phi) is 6.16. The lowest BCUT2D eigenvalue weighted by Crippen LogP contribution is -2.44. The van der Waals surface area contributed by atoms with Crippen molar-refractivity contribution >= 4 is 15.8 Å². The summed E-state index contributed by atoms with van der Waals surface area (Å²) < 4.78 is 43.4. The first-order valence-electron chi connectivity index (χ1n) is 9.25. The molecule has 0 bridgehead atoms. The Bertz CT molecular complexity index is 1150. The second-order valence-electron chi connectivity index (χ2n) is 7.48. The number of hydrogen-bond donors (Lipinski definition) is 3. The fourth-order valence-electron chi connectivity index (χ4n) is 3.06. The van der Waals surface area contributed by atoms with Gasteiger partial charge in [-0.15, -0.1) is 0 Å². The normalized spacial score (nSPS) is 12.1. The Morgan fingerprint density at radius 1 is 1.10 bits per heavy atom. The predicted molar refractivity (Wildman–Crippen MR) is 113 cm³/mol. The molecular formula is C21H23FN4O3S. The first-order chi connectivity index (χ1) is 14.1. The summed E-state index contributed by atoms with van der Waals surface area (Å²) in [6.45, 7) is 3.22. The van der Waals surface area contributed by atoms with E-state index in [0.717, 1.165) is 0 Å². The molecule has 0 fully saturated rings. The molecule has 2 aromatic carbocycles. The van der Waals surface area contributed by atoms with Gasteiger partial charge in [-0.2, -0.15) is 0 Å². The number of hydrogen-bond acceptors (Lipinski definition) is 6. The van der Waals surface area contributed by atoms with Gasteiger partial charge in [-0.1, -0.05) is 24.3 Å². The minimum absolute atomic E-state index is 0.0236. The second-order valence-corrected chi connectivity index (χ2v) is 9.13. The van der Waals surface area contributed by atoms with Crippen LogP contribution < -0.4 is 10.5 Å². The number of nitrogens with one attached hydrogen (secondary N) is 1. The number of aromatic nitrogens is 2. The fourth-order valence-corrected chi connectivity index (χ4v) is 4.73. The number of benzene rings is 2. The van der Waals surface area contributed by atoms with Gasteiger partial charge in [0.05, 0.1) is 23.0 Å². The van der Waals surface area contributed by atoms with Crippen LogP contribution in [0.1, 0.15) is 20.3 Å². The number of nitrogens with two attached hydrogens (primary N) is 1. The monoisotopic (exact) mass is 430 g/mol. The lowest BCUT2D eigenvalue weighted by Gasteiger charge is -2.25. The van der Waals surface area contributed by atoms with E-state index in [9.17, 15) is 17.9 Å². The molecule has 1 heterocycles. The maximum absolute atomic E-state index is 14.8. The summed E-state index contributed by atoms with van der Waals surface area (Å²) >= 11 is 0. The van der Waals surface area contributed by atoms with Crippen LogP contribution in [0, 0.1) is 5.82 Å². The van der Waals surface area contributed by atoms with E-state index in [1.165, 1.54) is 30.6 Å². The molecule has 9 heteroatoms. The van der Waals surface area contributed by atoms with Gasteiger partial charge >= 0.3 is 0 Å². The third-order valence-electron chi connectivity index (χ3n) is 4.55. The Hall–Kier alpha value is -2.88. The Balaban J connectivity index is 2.02. The number of nitrogens with zero attached hydrogens (tertiary/aromatic N) is 2. The number of aliphatic hydroxyl groups excluding tert-OH is 1. The third kappa shape index (κ3) is 4.81. The molecule has 0 spiro atoms. The van der Waals surface area contributed by atoms with Gasteiger partial charge in [-0.3, -0.25) is 4.98 Å². The van der Waals surface area contributed by atoms with E-state index in [2.05, 4.69) is 14.7 Å². The minimum atomic E-state index is -3.92. The number of halogens is 1. The maximum Gasteiger partial charge on any atom is 0.241 e. The van der Waals surface area contributed by atoms with E-state index < -0.39 is 21.4 Å². The predicted octanol–water partition coefficient (Wildman–Crippen LogP) is 2.97. The van der Waals surface area contributed by atoms with Crippen LogP contribution in [-0.2, 0) is 10.0 Å². The highest BCUT2D eigenvalue weighted by atomic mass is 32.2. The molecule has 7 nitrogen and oxygen atoms in total. The molecule has 0 aliphatic rings. The highest BCUT2D eigenvalue weighted by Gasteiger charge is 2.28. The first kappa shape index (κ1) is 21.8. The van der Waals surface area contributed by atoms with Crippen molar-refractivity contribution in [2.45, 2.75) is 30.7 Å². The van der Waals surface area contributed by atoms with Crippen molar-refractivity contribution in [1.29, 1.82) is 0 Å². The SMILES string of the molecule is CC(C)(CCO)NS(=O)(=O)c1ccccc1-c1ccc(-c2cnc(N)cn2)c(F)c1. The van der Waals surface area contributed by atoms with Gasteiger partial charge in [-0.05, 0) is 44.0 Å². The highest BCUT2D eigenvalue weighted by molar-refractivity contribution is 7.89. The molecule has 0 aliphatic heterocycles. The van der Waals surface area contributed by atoms with Crippen molar-refractivity contribution in [2.24, 2.45) is 0 Å². The van der Waals surface area contributed by atoms with Gasteiger partial charge in [0.1, 0.15) is 11.6 Å². The van der Waals surface area contributed by atoms with Crippen molar-refractivity contribution in [2.75, 3.05) is 12.3 Å². The Morgan fingerprint density at radius 2 is 1.83 bits per heavy atom. The molecule has 0 saturated heterocycles. The van der Waals surface area contributed by atoms with Gasteiger partial charge in [0.25, 0.3) is 0 Å². The third-order valence-corrected chi connectivity index (χ3v) is 6.31. The van der Waals surface area contributed by atoms with Crippen LogP contribution in [0.4, 0.5) is 10.2 Å². The second kappa shape index (κ2) is 8.47. The fraction of sp³-hybridized carbons (Fsp3) is 0.238. The molecule has 1 aromatic heterocycles. The summed E-state index contributed by atoms with van der Waals surface area (Å²) in [5.74, 6) is -0.334. The van der Waals surface area contributed by atoms with Gasteiger partial charge in [0.15, 0.2) is 0 Å². The van der Waals surface area contributed by atoms with Gasteiger partial charge in [0, 0.05) is 23.3 Å². The number of rotatable bonds is 7. The molecule has 0 atom stereocenters. The topological polar surface area (TPSA) is 118 Å². The van der Waals surface area contributed by atoms with Crippen LogP contribution in [0.3, 0.4) is 0 Å². The van der Waals surface area contributed by atoms with Crippen molar-refractivity contribution in [1.82, 2.24) is 14.7 Å². The molecule has 30 heavy (non-hydrogen) atoms. The molecule has 4 N–H and O–H groups in total. The minimum Gasteiger partial charge on any atom is -0.396 e. The molecule has 0 saturated carbocycles. The molecule has 3 rings (SSSR count). The summed E-state index contributed by atoms with van der Waals surface area (Å²) in [7, 11) is -3.92. The van der Waals surface area contributed by atoms with Gasteiger partial charge < -0.3 is 10.8 Å². The lowest BCUT2D eigenvalue weighted by atomic mass is 10.0.